The van der Waals surface area contributed by atoms with Gasteiger partial charge in [-0.15, -0.1) is 0 Å². The summed E-state index contributed by atoms with van der Waals surface area (Å²) in [6.07, 6.45) is 2.20. The number of carbonyl (C=O) groups excluding carboxylic acids is 2. The highest BCUT2D eigenvalue weighted by Crippen LogP contribution is 2.16. The summed E-state index contributed by atoms with van der Waals surface area (Å²) >= 11 is 0. The molecule has 0 aliphatic heterocycles. The molecule has 0 aromatic heterocycles. The van der Waals surface area contributed by atoms with Crippen LogP contribution in [0.1, 0.15) is 47.0 Å². The standard InChI is InChI=1S/C12H22O3/c1-5-7-11(13)9(3)10(4)12(14)15-8-6-2/h9-10H,5-8H2,1-4H3. The summed E-state index contributed by atoms with van der Waals surface area (Å²) in [4.78, 5) is 23.0. The van der Waals surface area contributed by atoms with E-state index in [0.717, 1.165) is 12.8 Å². The third kappa shape index (κ3) is 4.96. The van der Waals surface area contributed by atoms with Gasteiger partial charge in [0.25, 0.3) is 0 Å². The molecule has 0 rings (SSSR count). The molecule has 88 valence electrons. The molecule has 2 atom stereocenters. The van der Waals surface area contributed by atoms with E-state index in [1.807, 2.05) is 13.8 Å². The molecule has 0 aromatic carbocycles. The second kappa shape index (κ2) is 7.43. The Morgan fingerprint density at radius 3 is 2.13 bits per heavy atom. The predicted molar refractivity (Wildman–Crippen MR) is 59.5 cm³/mol. The highest BCUT2D eigenvalue weighted by molar-refractivity contribution is 5.86. The van der Waals surface area contributed by atoms with Crippen LogP contribution in [0.25, 0.3) is 0 Å². The Balaban J connectivity index is 4.11. The van der Waals surface area contributed by atoms with E-state index in [9.17, 15) is 9.59 Å². The summed E-state index contributed by atoms with van der Waals surface area (Å²) in [6, 6.07) is 0. The van der Waals surface area contributed by atoms with Crippen LogP contribution in [-0.4, -0.2) is 18.4 Å². The monoisotopic (exact) mass is 214 g/mol. The van der Waals surface area contributed by atoms with Crippen LogP contribution in [0.4, 0.5) is 0 Å². The summed E-state index contributed by atoms with van der Waals surface area (Å²) in [7, 11) is 0. The number of esters is 1. The molecule has 0 saturated heterocycles. The number of hydrogen-bond acceptors (Lipinski definition) is 3. The quantitative estimate of drug-likeness (QED) is 0.612. The zero-order valence-electron chi connectivity index (χ0n) is 10.2. The van der Waals surface area contributed by atoms with Gasteiger partial charge in [-0.3, -0.25) is 9.59 Å². The van der Waals surface area contributed by atoms with Gasteiger partial charge in [0.05, 0.1) is 12.5 Å². The molecule has 0 N–H and O–H groups in total. The molecule has 3 heteroatoms. The first kappa shape index (κ1) is 14.1. The van der Waals surface area contributed by atoms with Gasteiger partial charge in [-0.05, 0) is 12.8 Å². The number of carbonyl (C=O) groups is 2. The van der Waals surface area contributed by atoms with E-state index in [0.29, 0.717) is 13.0 Å². The smallest absolute Gasteiger partial charge is 0.309 e. The molecule has 0 bridgehead atoms. The molecule has 0 radical (unpaired) electrons. The fourth-order valence-electron chi connectivity index (χ4n) is 1.29. The highest BCUT2D eigenvalue weighted by Gasteiger charge is 2.26. The Labute approximate surface area is 92.2 Å². The predicted octanol–water partition coefficient (Wildman–Crippen LogP) is 2.58. The van der Waals surface area contributed by atoms with Gasteiger partial charge >= 0.3 is 5.97 Å². The van der Waals surface area contributed by atoms with Crippen molar-refractivity contribution in [3.05, 3.63) is 0 Å². The minimum Gasteiger partial charge on any atom is -0.465 e. The van der Waals surface area contributed by atoms with Crippen LogP contribution in [0.3, 0.4) is 0 Å². The topological polar surface area (TPSA) is 43.4 Å². The zero-order valence-corrected chi connectivity index (χ0v) is 10.2. The Kier molecular flexibility index (Phi) is 7.01. The molecule has 15 heavy (non-hydrogen) atoms. The van der Waals surface area contributed by atoms with Crippen LogP contribution >= 0.6 is 0 Å². The molecule has 0 saturated carbocycles. The van der Waals surface area contributed by atoms with E-state index in [1.165, 1.54) is 0 Å². The first-order chi connectivity index (χ1) is 7.04. The fourth-order valence-corrected chi connectivity index (χ4v) is 1.29. The number of rotatable bonds is 7. The van der Waals surface area contributed by atoms with Crippen LogP contribution < -0.4 is 0 Å². The summed E-state index contributed by atoms with van der Waals surface area (Å²) in [5.41, 5.74) is 0. The average Bonchev–Trinajstić information content (AvgIpc) is 2.24. The van der Waals surface area contributed by atoms with E-state index in [2.05, 4.69) is 0 Å². The van der Waals surface area contributed by atoms with Crippen molar-refractivity contribution in [2.24, 2.45) is 11.8 Å². The second-order valence-electron chi connectivity index (χ2n) is 3.96. The maximum absolute atomic E-state index is 11.6. The van der Waals surface area contributed by atoms with E-state index >= 15 is 0 Å². The van der Waals surface area contributed by atoms with Gasteiger partial charge in [-0.2, -0.15) is 0 Å². The average molecular weight is 214 g/mol. The van der Waals surface area contributed by atoms with Gasteiger partial charge in [0.15, 0.2) is 0 Å². The fraction of sp³-hybridized carbons (Fsp3) is 0.833. The van der Waals surface area contributed by atoms with Crippen molar-refractivity contribution in [1.82, 2.24) is 0 Å². The minimum absolute atomic E-state index is 0.151. The molecular formula is C12H22O3. The minimum atomic E-state index is -0.324. The molecule has 0 heterocycles. The highest BCUT2D eigenvalue weighted by atomic mass is 16.5. The maximum atomic E-state index is 11.6. The SMILES string of the molecule is CCCOC(=O)C(C)C(C)C(=O)CCC. The van der Waals surface area contributed by atoms with Crippen molar-refractivity contribution in [1.29, 1.82) is 0 Å². The van der Waals surface area contributed by atoms with Crippen LogP contribution in [0.5, 0.6) is 0 Å². The Morgan fingerprint density at radius 1 is 1.07 bits per heavy atom. The van der Waals surface area contributed by atoms with Crippen LogP contribution in [0.15, 0.2) is 0 Å². The molecular weight excluding hydrogens is 192 g/mol. The van der Waals surface area contributed by atoms with Gasteiger partial charge < -0.3 is 4.74 Å². The van der Waals surface area contributed by atoms with Gasteiger partial charge in [0, 0.05) is 12.3 Å². The molecule has 0 aliphatic rings. The molecule has 0 aromatic rings. The lowest BCUT2D eigenvalue weighted by molar-refractivity contribution is -0.151. The van der Waals surface area contributed by atoms with Crippen molar-refractivity contribution >= 4 is 11.8 Å². The number of ether oxygens (including phenoxy) is 1. The molecule has 0 spiro atoms. The summed E-state index contributed by atoms with van der Waals surface area (Å²) in [5.74, 6) is -0.655. The lowest BCUT2D eigenvalue weighted by Crippen LogP contribution is -2.27. The maximum Gasteiger partial charge on any atom is 0.309 e. The van der Waals surface area contributed by atoms with Crippen molar-refractivity contribution < 1.29 is 14.3 Å². The summed E-state index contributed by atoms with van der Waals surface area (Å²) in [5, 5.41) is 0. The molecule has 2 unspecified atom stereocenters. The van der Waals surface area contributed by atoms with Crippen LogP contribution in [0.2, 0.25) is 0 Å². The molecule has 3 nitrogen and oxygen atoms in total. The molecule has 0 aliphatic carbocycles. The van der Waals surface area contributed by atoms with E-state index < -0.39 is 0 Å². The van der Waals surface area contributed by atoms with E-state index in [4.69, 9.17) is 4.74 Å². The van der Waals surface area contributed by atoms with Gasteiger partial charge in [0.1, 0.15) is 5.78 Å². The Bertz CT molecular complexity index is 211. The largest absolute Gasteiger partial charge is 0.465 e. The second-order valence-corrected chi connectivity index (χ2v) is 3.96. The Hall–Kier alpha value is -0.860. The van der Waals surface area contributed by atoms with Crippen LogP contribution in [0, 0.1) is 11.8 Å². The zero-order chi connectivity index (χ0) is 11.8. The molecule has 0 fully saturated rings. The lowest BCUT2D eigenvalue weighted by Gasteiger charge is -2.17. The van der Waals surface area contributed by atoms with Gasteiger partial charge in [-0.25, -0.2) is 0 Å². The van der Waals surface area contributed by atoms with Crippen molar-refractivity contribution in [3.63, 3.8) is 0 Å². The molecule has 0 amide bonds. The third-order valence-corrected chi connectivity index (χ3v) is 2.57. The Morgan fingerprint density at radius 2 is 1.67 bits per heavy atom. The first-order valence-electron chi connectivity index (χ1n) is 5.73. The number of Topliss-reactive ketones (excluding diaryl/α,β-unsaturated/α-hetero) is 1. The number of hydrogen-bond donors (Lipinski definition) is 0. The van der Waals surface area contributed by atoms with E-state index in [1.54, 1.807) is 13.8 Å². The van der Waals surface area contributed by atoms with Crippen LogP contribution in [-0.2, 0) is 14.3 Å². The lowest BCUT2D eigenvalue weighted by atomic mass is 9.90. The summed E-state index contributed by atoms with van der Waals surface area (Å²) in [6.45, 7) is 7.91. The van der Waals surface area contributed by atoms with Gasteiger partial charge in [0.2, 0.25) is 0 Å². The van der Waals surface area contributed by atoms with Gasteiger partial charge in [-0.1, -0.05) is 27.7 Å². The number of ketones is 1. The van der Waals surface area contributed by atoms with E-state index in [-0.39, 0.29) is 23.6 Å². The summed E-state index contributed by atoms with van der Waals surface area (Å²) < 4.78 is 5.01. The first-order valence-corrected chi connectivity index (χ1v) is 5.73. The van der Waals surface area contributed by atoms with Crippen molar-refractivity contribution in [2.75, 3.05) is 6.61 Å². The third-order valence-electron chi connectivity index (χ3n) is 2.57. The normalized spacial score (nSPS) is 14.4. The van der Waals surface area contributed by atoms with Crippen molar-refractivity contribution in [2.45, 2.75) is 47.0 Å². The van der Waals surface area contributed by atoms with Crippen molar-refractivity contribution in [3.8, 4) is 0 Å².